The van der Waals surface area contributed by atoms with Crippen LogP contribution in [0.1, 0.15) is 47.6 Å². The van der Waals surface area contributed by atoms with E-state index < -0.39 is 0 Å². The molecule has 19 heavy (non-hydrogen) atoms. The number of thiazole rings is 1. The molecule has 0 aliphatic rings. The lowest BCUT2D eigenvalue weighted by Crippen LogP contribution is -2.11. The van der Waals surface area contributed by atoms with Gasteiger partial charge in [0.2, 0.25) is 0 Å². The fourth-order valence-corrected chi connectivity index (χ4v) is 2.59. The van der Waals surface area contributed by atoms with Crippen molar-refractivity contribution in [1.29, 1.82) is 0 Å². The van der Waals surface area contributed by atoms with Crippen LogP contribution in [-0.2, 0) is 13.0 Å². The average Bonchev–Trinajstić information content (AvgIpc) is 2.99. The molecule has 1 unspecified atom stereocenters. The first-order valence-corrected chi connectivity index (χ1v) is 7.24. The molecule has 0 saturated carbocycles. The minimum absolute atomic E-state index is 0.00768. The molecule has 0 amide bonds. The van der Waals surface area contributed by atoms with Gasteiger partial charge in [0.1, 0.15) is 16.5 Å². The third-order valence-electron chi connectivity index (χ3n) is 2.78. The van der Waals surface area contributed by atoms with E-state index in [4.69, 9.17) is 5.73 Å². The van der Waals surface area contributed by atoms with Crippen molar-refractivity contribution >= 4 is 17.1 Å². The maximum atomic E-state index is 12.2. The van der Waals surface area contributed by atoms with Gasteiger partial charge in [-0.25, -0.2) is 9.97 Å². The lowest BCUT2D eigenvalue weighted by atomic mass is 10.2. The first-order valence-electron chi connectivity index (χ1n) is 6.36. The van der Waals surface area contributed by atoms with E-state index in [1.54, 1.807) is 11.6 Å². The highest BCUT2D eigenvalue weighted by Crippen LogP contribution is 2.17. The molecule has 102 valence electrons. The predicted molar refractivity (Wildman–Crippen MR) is 75.3 cm³/mol. The predicted octanol–water partition coefficient (Wildman–Crippen LogP) is 2.19. The quantitative estimate of drug-likeness (QED) is 0.822. The van der Waals surface area contributed by atoms with Crippen LogP contribution in [0.15, 0.2) is 17.8 Å². The molecule has 0 spiro atoms. The number of carbonyl (C=O) groups excluding carboxylic acids is 1. The van der Waals surface area contributed by atoms with Crippen molar-refractivity contribution in [2.75, 3.05) is 0 Å². The Morgan fingerprint density at radius 3 is 3.00 bits per heavy atom. The van der Waals surface area contributed by atoms with Gasteiger partial charge in [-0.2, -0.15) is 0 Å². The van der Waals surface area contributed by atoms with Crippen molar-refractivity contribution in [3.63, 3.8) is 0 Å². The number of nitrogens with zero attached hydrogens (tertiary/aromatic N) is 3. The Morgan fingerprint density at radius 2 is 2.37 bits per heavy atom. The summed E-state index contributed by atoms with van der Waals surface area (Å²) in [5.41, 5.74) is 6.24. The van der Waals surface area contributed by atoms with Crippen molar-refractivity contribution in [2.45, 2.75) is 39.3 Å². The number of hydrogen-bond acceptors (Lipinski definition) is 5. The molecule has 0 aliphatic heterocycles. The third-order valence-corrected chi connectivity index (χ3v) is 3.83. The number of carbonyl (C=O) groups is 1. The van der Waals surface area contributed by atoms with Crippen LogP contribution in [0.25, 0.3) is 0 Å². The fourth-order valence-electron chi connectivity index (χ4n) is 1.81. The number of aryl methyl sites for hydroxylation is 1. The van der Waals surface area contributed by atoms with Gasteiger partial charge in [-0.3, -0.25) is 4.79 Å². The molecular formula is C13H18N4OS. The van der Waals surface area contributed by atoms with Crippen LogP contribution in [0.2, 0.25) is 0 Å². The molecule has 2 aromatic rings. The zero-order chi connectivity index (χ0) is 13.8. The smallest absolute Gasteiger partial charge is 0.189 e. The first kappa shape index (κ1) is 13.9. The van der Waals surface area contributed by atoms with Gasteiger partial charge >= 0.3 is 0 Å². The van der Waals surface area contributed by atoms with Crippen molar-refractivity contribution in [1.82, 2.24) is 14.5 Å². The molecule has 0 radical (unpaired) electrons. The molecule has 2 N–H and O–H groups in total. The Kier molecular flexibility index (Phi) is 4.44. The van der Waals surface area contributed by atoms with E-state index in [-0.39, 0.29) is 18.2 Å². The van der Waals surface area contributed by atoms with Crippen LogP contribution in [-0.4, -0.2) is 20.3 Å². The minimum atomic E-state index is -0.131. The molecule has 0 aliphatic carbocycles. The summed E-state index contributed by atoms with van der Waals surface area (Å²) in [5.74, 6) is 0.786. The van der Waals surface area contributed by atoms with Crippen LogP contribution in [0.5, 0.6) is 0 Å². The summed E-state index contributed by atoms with van der Waals surface area (Å²) >= 11 is 1.43. The molecule has 0 bridgehead atoms. The second-order valence-corrected chi connectivity index (χ2v) is 5.39. The summed E-state index contributed by atoms with van der Waals surface area (Å²) in [7, 11) is 0. The molecular weight excluding hydrogens is 260 g/mol. The van der Waals surface area contributed by atoms with Crippen molar-refractivity contribution in [3.05, 3.63) is 34.3 Å². The van der Waals surface area contributed by atoms with Gasteiger partial charge < -0.3 is 10.3 Å². The van der Waals surface area contributed by atoms with Crippen LogP contribution < -0.4 is 5.73 Å². The maximum absolute atomic E-state index is 12.2. The van der Waals surface area contributed by atoms with E-state index >= 15 is 0 Å². The number of imidazole rings is 1. The largest absolute Gasteiger partial charge is 0.335 e. The summed E-state index contributed by atoms with van der Waals surface area (Å²) in [4.78, 5) is 20.7. The SMILES string of the molecule is CCCn1ccnc1CC(=O)c1csc(C(C)N)n1. The maximum Gasteiger partial charge on any atom is 0.189 e. The monoisotopic (exact) mass is 278 g/mol. The summed E-state index contributed by atoms with van der Waals surface area (Å²) in [5, 5.41) is 2.56. The van der Waals surface area contributed by atoms with Gasteiger partial charge in [-0.15, -0.1) is 11.3 Å². The van der Waals surface area contributed by atoms with Gasteiger partial charge in [0.25, 0.3) is 0 Å². The Labute approximate surface area is 116 Å². The van der Waals surface area contributed by atoms with Crippen molar-refractivity contribution in [2.24, 2.45) is 5.73 Å². The van der Waals surface area contributed by atoms with Crippen LogP contribution in [0.4, 0.5) is 0 Å². The van der Waals surface area contributed by atoms with Crippen LogP contribution >= 0.6 is 11.3 Å². The Hall–Kier alpha value is -1.53. The Bertz CT molecular complexity index is 558. The molecule has 5 nitrogen and oxygen atoms in total. The van der Waals surface area contributed by atoms with Gasteiger partial charge in [0.15, 0.2) is 5.78 Å². The number of rotatable bonds is 6. The molecule has 6 heteroatoms. The van der Waals surface area contributed by atoms with Crippen LogP contribution in [0.3, 0.4) is 0 Å². The van der Waals surface area contributed by atoms with Crippen molar-refractivity contribution < 1.29 is 4.79 Å². The van der Waals surface area contributed by atoms with E-state index in [0.29, 0.717) is 5.69 Å². The normalized spacial score (nSPS) is 12.6. The highest BCUT2D eigenvalue weighted by Gasteiger charge is 2.15. The standard InChI is InChI=1S/C13H18N4OS/c1-3-5-17-6-4-15-12(17)7-11(18)10-8-19-13(16-10)9(2)14/h4,6,8-9H,3,5,7,14H2,1-2H3. The van der Waals surface area contributed by atoms with Gasteiger partial charge in [-0.1, -0.05) is 6.92 Å². The number of hydrogen-bond donors (Lipinski definition) is 1. The van der Waals surface area contributed by atoms with E-state index in [1.165, 1.54) is 11.3 Å². The Balaban J connectivity index is 2.09. The molecule has 1 atom stereocenters. The summed E-state index contributed by atoms with van der Waals surface area (Å²) in [6.45, 7) is 4.84. The Morgan fingerprint density at radius 1 is 1.58 bits per heavy atom. The lowest BCUT2D eigenvalue weighted by molar-refractivity contribution is 0.0985. The first-order chi connectivity index (χ1) is 9.11. The fraction of sp³-hybridized carbons (Fsp3) is 0.462. The highest BCUT2D eigenvalue weighted by molar-refractivity contribution is 7.09. The number of Topliss-reactive ketones (excluding diaryl/α,β-unsaturated/α-hetero) is 1. The third kappa shape index (κ3) is 3.27. The van der Waals surface area contributed by atoms with E-state index in [0.717, 1.165) is 23.8 Å². The van der Waals surface area contributed by atoms with Crippen molar-refractivity contribution in [3.8, 4) is 0 Å². The number of aromatic nitrogens is 3. The van der Waals surface area contributed by atoms with Gasteiger partial charge in [0, 0.05) is 24.3 Å². The molecule has 0 saturated heterocycles. The minimum Gasteiger partial charge on any atom is -0.335 e. The van der Waals surface area contributed by atoms with Gasteiger partial charge in [0.05, 0.1) is 12.5 Å². The molecule has 2 rings (SSSR count). The highest BCUT2D eigenvalue weighted by atomic mass is 32.1. The van der Waals surface area contributed by atoms with Crippen LogP contribution in [0, 0.1) is 0 Å². The molecule has 0 aromatic carbocycles. The summed E-state index contributed by atoms with van der Waals surface area (Å²) in [6, 6.07) is -0.131. The van der Waals surface area contributed by atoms with E-state index in [2.05, 4.69) is 16.9 Å². The average molecular weight is 278 g/mol. The van der Waals surface area contributed by atoms with E-state index in [9.17, 15) is 4.79 Å². The van der Waals surface area contributed by atoms with Gasteiger partial charge in [-0.05, 0) is 13.3 Å². The number of ketones is 1. The summed E-state index contributed by atoms with van der Waals surface area (Å²) in [6.07, 6.45) is 4.94. The summed E-state index contributed by atoms with van der Waals surface area (Å²) < 4.78 is 2.01. The zero-order valence-electron chi connectivity index (χ0n) is 11.2. The zero-order valence-corrected chi connectivity index (χ0v) is 12.0. The lowest BCUT2D eigenvalue weighted by Gasteiger charge is -2.04. The topological polar surface area (TPSA) is 73.8 Å². The second-order valence-electron chi connectivity index (χ2n) is 4.50. The molecule has 0 fully saturated rings. The molecule has 2 heterocycles. The second kappa shape index (κ2) is 6.08. The van der Waals surface area contributed by atoms with E-state index in [1.807, 2.05) is 17.7 Å². The number of nitrogens with two attached hydrogens (primary N) is 1. The molecule has 2 aromatic heterocycles.